The maximum Gasteiger partial charge on any atom is 0.234 e. The van der Waals surface area contributed by atoms with Gasteiger partial charge in [-0.3, -0.25) is 14.7 Å². The molecule has 1 N–H and O–H groups in total. The Labute approximate surface area is 151 Å². The van der Waals surface area contributed by atoms with Crippen molar-refractivity contribution in [2.75, 3.05) is 39.3 Å². The van der Waals surface area contributed by atoms with Crippen LogP contribution >= 0.6 is 0 Å². The van der Waals surface area contributed by atoms with Crippen LogP contribution in [0.3, 0.4) is 0 Å². The third-order valence-electron chi connectivity index (χ3n) is 5.60. The van der Waals surface area contributed by atoms with E-state index in [1.54, 1.807) is 0 Å². The van der Waals surface area contributed by atoms with Crippen LogP contribution in [0.25, 0.3) is 0 Å². The van der Waals surface area contributed by atoms with Crippen molar-refractivity contribution in [3.63, 3.8) is 0 Å². The molecule has 2 aliphatic rings. The predicted molar refractivity (Wildman–Crippen MR) is 100 cm³/mol. The molecule has 1 amide bonds. The lowest BCUT2D eigenvalue weighted by atomic mass is 9.87. The number of piperazine rings is 1. The van der Waals surface area contributed by atoms with E-state index in [2.05, 4.69) is 39.2 Å². The average Bonchev–Trinajstić information content (AvgIpc) is 2.62. The quantitative estimate of drug-likeness (QED) is 0.857. The minimum Gasteiger partial charge on any atom is -0.352 e. The number of aromatic nitrogens is 1. The Morgan fingerprint density at radius 3 is 2.60 bits per heavy atom. The average molecular weight is 345 g/mol. The number of hydrogen-bond donors (Lipinski definition) is 1. The molecule has 0 radical (unpaired) electrons. The third-order valence-corrected chi connectivity index (χ3v) is 5.60. The molecule has 2 atom stereocenters. The Bertz CT molecular complexity index is 528. The highest BCUT2D eigenvalue weighted by Crippen LogP contribution is 2.23. The monoisotopic (exact) mass is 344 g/mol. The second-order valence-corrected chi connectivity index (χ2v) is 7.76. The van der Waals surface area contributed by atoms with Crippen molar-refractivity contribution >= 4 is 5.91 Å². The Hall–Kier alpha value is -1.46. The van der Waals surface area contributed by atoms with Gasteiger partial charge in [-0.25, -0.2) is 0 Å². The molecule has 0 bridgehead atoms. The van der Waals surface area contributed by atoms with Crippen LogP contribution in [0.2, 0.25) is 0 Å². The summed E-state index contributed by atoms with van der Waals surface area (Å²) in [7, 11) is 0. The first-order valence-electron chi connectivity index (χ1n) is 9.82. The first-order valence-corrected chi connectivity index (χ1v) is 9.82. The summed E-state index contributed by atoms with van der Waals surface area (Å²) < 4.78 is 0. The van der Waals surface area contributed by atoms with Gasteiger partial charge in [0.1, 0.15) is 0 Å². The zero-order chi connectivity index (χ0) is 17.5. The molecule has 1 aliphatic carbocycles. The molecule has 1 saturated heterocycles. The normalized spacial score (nSPS) is 25.6. The highest BCUT2D eigenvalue weighted by atomic mass is 16.2. The summed E-state index contributed by atoms with van der Waals surface area (Å²) in [6.07, 6.45) is 9.66. The molecule has 25 heavy (non-hydrogen) atoms. The van der Waals surface area contributed by atoms with E-state index in [-0.39, 0.29) is 5.91 Å². The highest BCUT2D eigenvalue weighted by molar-refractivity contribution is 5.78. The lowest BCUT2D eigenvalue weighted by Crippen LogP contribution is -2.51. The number of nitrogens with zero attached hydrogens (tertiary/aromatic N) is 3. The standard InChI is InChI=1S/C20H32N4O/c1-17-3-2-4-19(15-17)22-20(25)16-24-13-11-23(12-14-24)10-7-18-5-8-21-9-6-18/h5-6,8-9,17,19H,2-4,7,10-16H2,1H3,(H,22,25)/t17-,19+/m1/s1. The van der Waals surface area contributed by atoms with Gasteiger partial charge >= 0.3 is 0 Å². The zero-order valence-electron chi connectivity index (χ0n) is 15.5. The van der Waals surface area contributed by atoms with E-state index >= 15 is 0 Å². The number of pyridine rings is 1. The maximum absolute atomic E-state index is 12.3. The van der Waals surface area contributed by atoms with Crippen molar-refractivity contribution < 1.29 is 4.79 Å². The van der Waals surface area contributed by atoms with E-state index in [4.69, 9.17) is 0 Å². The fourth-order valence-electron chi connectivity index (χ4n) is 4.05. The molecule has 1 aromatic heterocycles. The van der Waals surface area contributed by atoms with E-state index in [9.17, 15) is 4.79 Å². The second kappa shape index (κ2) is 9.30. The zero-order valence-corrected chi connectivity index (χ0v) is 15.5. The van der Waals surface area contributed by atoms with Crippen molar-refractivity contribution in [1.82, 2.24) is 20.1 Å². The molecule has 0 aromatic carbocycles. The largest absolute Gasteiger partial charge is 0.352 e. The molecule has 1 aliphatic heterocycles. The minimum atomic E-state index is 0.212. The molecule has 0 unspecified atom stereocenters. The Morgan fingerprint density at radius 1 is 1.16 bits per heavy atom. The van der Waals surface area contributed by atoms with Gasteiger partial charge in [-0.15, -0.1) is 0 Å². The number of nitrogens with one attached hydrogen (secondary N) is 1. The fourth-order valence-corrected chi connectivity index (χ4v) is 4.05. The lowest BCUT2D eigenvalue weighted by molar-refractivity contribution is -0.123. The smallest absolute Gasteiger partial charge is 0.234 e. The van der Waals surface area contributed by atoms with Crippen LogP contribution in [-0.4, -0.2) is 66.0 Å². The molecule has 5 heteroatoms. The summed E-state index contributed by atoms with van der Waals surface area (Å²) >= 11 is 0. The van der Waals surface area contributed by atoms with Gasteiger partial charge < -0.3 is 10.2 Å². The number of carbonyl (C=O) groups is 1. The van der Waals surface area contributed by atoms with Crippen LogP contribution in [0.4, 0.5) is 0 Å². The van der Waals surface area contributed by atoms with E-state index in [1.165, 1.54) is 18.4 Å². The lowest BCUT2D eigenvalue weighted by Gasteiger charge is -2.35. The summed E-state index contributed by atoms with van der Waals surface area (Å²) in [5.41, 5.74) is 1.35. The molecule has 5 nitrogen and oxygen atoms in total. The minimum absolute atomic E-state index is 0.212. The van der Waals surface area contributed by atoms with Crippen molar-refractivity contribution in [2.45, 2.75) is 45.1 Å². The first-order chi connectivity index (χ1) is 12.2. The van der Waals surface area contributed by atoms with E-state index in [0.717, 1.165) is 57.9 Å². The van der Waals surface area contributed by atoms with Crippen LogP contribution in [0.5, 0.6) is 0 Å². The van der Waals surface area contributed by atoms with Crippen LogP contribution in [0.1, 0.15) is 38.2 Å². The summed E-state index contributed by atoms with van der Waals surface area (Å²) in [6.45, 7) is 8.03. The molecule has 138 valence electrons. The Kier molecular flexibility index (Phi) is 6.82. The topological polar surface area (TPSA) is 48.5 Å². The van der Waals surface area contributed by atoms with Gasteiger partial charge in [0.15, 0.2) is 0 Å². The van der Waals surface area contributed by atoms with Crippen molar-refractivity contribution in [3.05, 3.63) is 30.1 Å². The van der Waals surface area contributed by atoms with Gasteiger partial charge in [-0.2, -0.15) is 0 Å². The maximum atomic E-state index is 12.3. The van der Waals surface area contributed by atoms with Gasteiger partial charge in [0.05, 0.1) is 6.54 Å². The van der Waals surface area contributed by atoms with E-state index < -0.39 is 0 Å². The molecule has 1 aromatic rings. The fraction of sp³-hybridized carbons (Fsp3) is 0.700. The van der Waals surface area contributed by atoms with Gasteiger partial charge in [0.25, 0.3) is 0 Å². The van der Waals surface area contributed by atoms with Crippen LogP contribution in [0.15, 0.2) is 24.5 Å². The van der Waals surface area contributed by atoms with Crippen molar-refractivity contribution in [1.29, 1.82) is 0 Å². The van der Waals surface area contributed by atoms with Crippen LogP contribution in [-0.2, 0) is 11.2 Å². The summed E-state index contributed by atoms with van der Waals surface area (Å²) in [5, 5.41) is 3.25. The first kappa shape index (κ1) is 18.3. The predicted octanol–water partition coefficient (Wildman–Crippen LogP) is 1.94. The highest BCUT2D eigenvalue weighted by Gasteiger charge is 2.23. The Balaban J connectivity index is 1.32. The molecular weight excluding hydrogens is 312 g/mol. The number of amides is 1. The van der Waals surface area contributed by atoms with Gasteiger partial charge in [0, 0.05) is 51.2 Å². The molecule has 3 rings (SSSR count). The van der Waals surface area contributed by atoms with Crippen LogP contribution in [0, 0.1) is 5.92 Å². The van der Waals surface area contributed by atoms with Crippen LogP contribution < -0.4 is 5.32 Å². The van der Waals surface area contributed by atoms with Crippen molar-refractivity contribution in [3.8, 4) is 0 Å². The summed E-state index contributed by atoms with van der Waals surface area (Å²) in [6, 6.07) is 4.58. The molecule has 2 fully saturated rings. The summed E-state index contributed by atoms with van der Waals surface area (Å²) in [4.78, 5) is 21.2. The van der Waals surface area contributed by atoms with E-state index in [1.807, 2.05) is 12.4 Å². The Morgan fingerprint density at radius 2 is 1.88 bits per heavy atom. The molecular formula is C20H32N4O. The number of hydrogen-bond acceptors (Lipinski definition) is 4. The second-order valence-electron chi connectivity index (χ2n) is 7.76. The molecule has 0 spiro atoms. The third kappa shape index (κ3) is 6.08. The SMILES string of the molecule is C[C@@H]1CCC[C@H](NC(=O)CN2CCN(CCc3ccncc3)CC2)C1. The van der Waals surface area contributed by atoms with Crippen molar-refractivity contribution in [2.24, 2.45) is 5.92 Å². The van der Waals surface area contributed by atoms with Gasteiger partial charge in [0.2, 0.25) is 5.91 Å². The van der Waals surface area contributed by atoms with E-state index in [0.29, 0.717) is 12.6 Å². The number of carbonyl (C=O) groups excluding carboxylic acids is 1. The van der Waals surface area contributed by atoms with Gasteiger partial charge in [-0.05, 0) is 42.9 Å². The molecule has 1 saturated carbocycles. The number of rotatable bonds is 6. The van der Waals surface area contributed by atoms with Gasteiger partial charge in [-0.1, -0.05) is 19.8 Å². The molecule has 2 heterocycles. The summed E-state index contributed by atoms with van der Waals surface area (Å²) in [5.74, 6) is 0.965.